The van der Waals surface area contributed by atoms with E-state index in [2.05, 4.69) is 26.0 Å². The van der Waals surface area contributed by atoms with Gasteiger partial charge in [-0.1, -0.05) is 15.9 Å². The Balaban J connectivity index is 1.65. The molecule has 2 N–H and O–H groups in total. The highest BCUT2D eigenvalue weighted by atomic mass is 79.9. The number of hydrogen-bond donors (Lipinski definition) is 2. The SMILES string of the molecule is COc1ccc(NS(=O)(=O)c2ccc(NC(=O)C(C)Oc3c(C)cc(Br)cc3C)cc2)cc1. The second kappa shape index (κ2) is 10.3. The summed E-state index contributed by atoms with van der Waals surface area (Å²) >= 11 is 3.44. The number of rotatable bonds is 8. The molecule has 3 aromatic rings. The van der Waals surface area contributed by atoms with Gasteiger partial charge in [-0.15, -0.1) is 0 Å². The third kappa shape index (κ3) is 6.27. The Morgan fingerprint density at radius 2 is 1.48 bits per heavy atom. The highest BCUT2D eigenvalue weighted by Crippen LogP contribution is 2.28. The number of carbonyl (C=O) groups excluding carboxylic acids is 1. The number of carbonyl (C=O) groups is 1. The van der Waals surface area contributed by atoms with Gasteiger partial charge in [0.05, 0.1) is 12.0 Å². The van der Waals surface area contributed by atoms with Crippen molar-refractivity contribution in [2.75, 3.05) is 17.1 Å². The van der Waals surface area contributed by atoms with Crippen molar-refractivity contribution in [2.45, 2.75) is 31.8 Å². The second-order valence-corrected chi connectivity index (χ2v) is 10.1. The number of methoxy groups -OCH3 is 1. The van der Waals surface area contributed by atoms with Crippen LogP contribution < -0.4 is 19.5 Å². The Labute approximate surface area is 202 Å². The van der Waals surface area contributed by atoms with E-state index in [4.69, 9.17) is 9.47 Å². The van der Waals surface area contributed by atoms with Crippen LogP contribution in [0.25, 0.3) is 0 Å². The molecule has 0 heterocycles. The zero-order valence-electron chi connectivity index (χ0n) is 18.7. The number of sulfonamides is 1. The van der Waals surface area contributed by atoms with E-state index in [1.165, 1.54) is 31.4 Å². The summed E-state index contributed by atoms with van der Waals surface area (Å²) in [5.74, 6) is 0.942. The van der Waals surface area contributed by atoms with E-state index in [0.29, 0.717) is 22.9 Å². The molecule has 0 aromatic heterocycles. The minimum absolute atomic E-state index is 0.0710. The molecule has 174 valence electrons. The standard InChI is InChI=1S/C24H25BrN2O5S/c1-15-13-18(25)14-16(2)23(15)32-17(3)24(28)26-19-7-11-22(12-8-19)33(29,30)27-20-5-9-21(31-4)10-6-20/h5-14,17,27H,1-4H3,(H,26,28). The largest absolute Gasteiger partial charge is 0.497 e. The van der Waals surface area contributed by atoms with Crippen LogP contribution in [0.3, 0.4) is 0 Å². The van der Waals surface area contributed by atoms with E-state index in [1.54, 1.807) is 31.2 Å². The lowest BCUT2D eigenvalue weighted by molar-refractivity contribution is -0.122. The molecule has 1 unspecified atom stereocenters. The molecule has 33 heavy (non-hydrogen) atoms. The summed E-state index contributed by atoms with van der Waals surface area (Å²) < 4.78 is 39.7. The molecule has 0 aliphatic carbocycles. The van der Waals surface area contributed by atoms with Gasteiger partial charge in [-0.2, -0.15) is 0 Å². The molecule has 9 heteroatoms. The number of aryl methyl sites for hydroxylation is 2. The van der Waals surface area contributed by atoms with E-state index in [1.807, 2.05) is 26.0 Å². The Morgan fingerprint density at radius 3 is 2.03 bits per heavy atom. The molecule has 0 saturated heterocycles. The van der Waals surface area contributed by atoms with Gasteiger partial charge in [0.1, 0.15) is 11.5 Å². The average Bonchev–Trinajstić information content (AvgIpc) is 2.76. The molecule has 0 radical (unpaired) electrons. The van der Waals surface area contributed by atoms with Crippen LogP contribution in [-0.4, -0.2) is 27.5 Å². The molecule has 0 fully saturated rings. The van der Waals surface area contributed by atoms with Crippen LogP contribution in [0.5, 0.6) is 11.5 Å². The number of amides is 1. The van der Waals surface area contributed by atoms with E-state index < -0.39 is 16.1 Å². The summed E-state index contributed by atoms with van der Waals surface area (Å²) in [6.07, 6.45) is -0.747. The van der Waals surface area contributed by atoms with E-state index >= 15 is 0 Å². The third-order valence-electron chi connectivity index (χ3n) is 4.86. The summed E-state index contributed by atoms with van der Waals surface area (Å²) in [5, 5.41) is 2.75. The van der Waals surface area contributed by atoms with Crippen molar-refractivity contribution in [3.05, 3.63) is 76.3 Å². The average molecular weight is 533 g/mol. The number of hydrogen-bond acceptors (Lipinski definition) is 5. The first-order valence-electron chi connectivity index (χ1n) is 10.1. The Kier molecular flexibility index (Phi) is 7.65. The Morgan fingerprint density at radius 1 is 0.939 bits per heavy atom. The fourth-order valence-electron chi connectivity index (χ4n) is 3.15. The first-order chi connectivity index (χ1) is 15.6. The number of ether oxygens (including phenoxy) is 2. The van der Waals surface area contributed by atoms with Crippen LogP contribution in [0.15, 0.2) is 70.0 Å². The molecule has 0 aliphatic rings. The van der Waals surface area contributed by atoms with Gasteiger partial charge in [0, 0.05) is 15.8 Å². The second-order valence-electron chi connectivity index (χ2n) is 7.48. The summed E-state index contributed by atoms with van der Waals surface area (Å²) in [6.45, 7) is 5.49. The number of anilines is 2. The minimum atomic E-state index is -3.78. The van der Waals surface area contributed by atoms with Crippen LogP contribution in [0.4, 0.5) is 11.4 Å². The topological polar surface area (TPSA) is 93.7 Å². The van der Waals surface area contributed by atoms with Crippen molar-refractivity contribution in [3.63, 3.8) is 0 Å². The van der Waals surface area contributed by atoms with E-state index in [9.17, 15) is 13.2 Å². The Hall–Kier alpha value is -3.04. The lowest BCUT2D eigenvalue weighted by Gasteiger charge is -2.18. The van der Waals surface area contributed by atoms with Crippen LogP contribution in [-0.2, 0) is 14.8 Å². The van der Waals surface area contributed by atoms with Crippen molar-refractivity contribution < 1.29 is 22.7 Å². The Bertz CT molecular complexity index is 1220. The molecule has 7 nitrogen and oxygen atoms in total. The fraction of sp³-hybridized carbons (Fsp3) is 0.208. The molecule has 0 aliphatic heterocycles. The quantitative estimate of drug-likeness (QED) is 0.411. The summed E-state index contributed by atoms with van der Waals surface area (Å²) in [7, 11) is -2.24. The summed E-state index contributed by atoms with van der Waals surface area (Å²) in [5.41, 5.74) is 2.71. The van der Waals surface area contributed by atoms with Crippen LogP contribution in [0, 0.1) is 13.8 Å². The maximum Gasteiger partial charge on any atom is 0.265 e. The third-order valence-corrected chi connectivity index (χ3v) is 6.72. The van der Waals surface area contributed by atoms with E-state index in [-0.39, 0.29) is 10.8 Å². The maximum atomic E-state index is 12.6. The minimum Gasteiger partial charge on any atom is -0.497 e. The number of halogens is 1. The van der Waals surface area contributed by atoms with Gasteiger partial charge in [-0.05, 0) is 92.6 Å². The first-order valence-corrected chi connectivity index (χ1v) is 12.4. The van der Waals surface area contributed by atoms with Crippen molar-refractivity contribution in [1.29, 1.82) is 0 Å². The van der Waals surface area contributed by atoms with Crippen LogP contribution in [0.2, 0.25) is 0 Å². The van der Waals surface area contributed by atoms with Gasteiger partial charge < -0.3 is 14.8 Å². The molecule has 0 spiro atoms. The monoisotopic (exact) mass is 532 g/mol. The maximum absolute atomic E-state index is 12.6. The zero-order valence-corrected chi connectivity index (χ0v) is 21.1. The highest BCUT2D eigenvalue weighted by molar-refractivity contribution is 9.10. The molecular formula is C24H25BrN2O5S. The molecule has 3 rings (SSSR count). The van der Waals surface area contributed by atoms with Crippen molar-refractivity contribution in [1.82, 2.24) is 0 Å². The molecule has 3 aromatic carbocycles. The van der Waals surface area contributed by atoms with Gasteiger partial charge in [0.15, 0.2) is 6.10 Å². The lowest BCUT2D eigenvalue weighted by atomic mass is 10.1. The van der Waals surface area contributed by atoms with Gasteiger partial charge in [0.25, 0.3) is 15.9 Å². The van der Waals surface area contributed by atoms with Gasteiger partial charge in [0.2, 0.25) is 0 Å². The van der Waals surface area contributed by atoms with Gasteiger partial charge in [-0.3, -0.25) is 9.52 Å². The molecule has 0 saturated carbocycles. The molecule has 0 bridgehead atoms. The van der Waals surface area contributed by atoms with Crippen molar-refractivity contribution in [3.8, 4) is 11.5 Å². The number of benzene rings is 3. The first kappa shape index (κ1) is 24.6. The molecule has 1 atom stereocenters. The fourth-order valence-corrected chi connectivity index (χ4v) is 4.89. The highest BCUT2D eigenvalue weighted by Gasteiger charge is 2.19. The molecular weight excluding hydrogens is 508 g/mol. The van der Waals surface area contributed by atoms with Crippen molar-refractivity contribution in [2.24, 2.45) is 0 Å². The van der Waals surface area contributed by atoms with E-state index in [0.717, 1.165) is 15.6 Å². The smallest absolute Gasteiger partial charge is 0.265 e. The predicted octanol–water partition coefficient (Wildman–Crippen LogP) is 5.28. The molecule has 1 amide bonds. The van der Waals surface area contributed by atoms with Crippen LogP contribution >= 0.6 is 15.9 Å². The number of nitrogens with one attached hydrogen (secondary N) is 2. The van der Waals surface area contributed by atoms with Crippen molar-refractivity contribution >= 4 is 43.2 Å². The lowest BCUT2D eigenvalue weighted by Crippen LogP contribution is -2.30. The van der Waals surface area contributed by atoms with Gasteiger partial charge in [-0.25, -0.2) is 8.42 Å². The normalized spacial score (nSPS) is 12.0. The van der Waals surface area contributed by atoms with Gasteiger partial charge >= 0.3 is 0 Å². The predicted molar refractivity (Wildman–Crippen MR) is 133 cm³/mol. The summed E-state index contributed by atoms with van der Waals surface area (Å²) in [4.78, 5) is 12.7. The zero-order chi connectivity index (χ0) is 24.2. The van der Waals surface area contributed by atoms with Crippen LogP contribution in [0.1, 0.15) is 18.1 Å². The summed E-state index contributed by atoms with van der Waals surface area (Å²) in [6, 6.07) is 16.3.